The standard InChI is InChI=1S/C9H10F2N2O3/c1-15-6-4-2-3-5-7(6)16-9(10,11)8(14)13-12/h2-5H,12H2,1H3,(H,13,14). The number of hydrazine groups is 1. The molecule has 0 atom stereocenters. The quantitative estimate of drug-likeness (QED) is 0.454. The van der Waals surface area contributed by atoms with E-state index in [1.54, 1.807) is 6.07 Å². The van der Waals surface area contributed by atoms with Crippen LogP contribution >= 0.6 is 0 Å². The Morgan fingerprint density at radius 3 is 2.44 bits per heavy atom. The highest BCUT2D eigenvalue weighted by atomic mass is 19.3. The molecule has 3 N–H and O–H groups in total. The Bertz CT molecular complexity index is 385. The van der Waals surface area contributed by atoms with E-state index in [9.17, 15) is 13.6 Å². The van der Waals surface area contributed by atoms with Gasteiger partial charge in [0.2, 0.25) is 0 Å². The maximum absolute atomic E-state index is 13.0. The monoisotopic (exact) mass is 232 g/mol. The summed E-state index contributed by atoms with van der Waals surface area (Å²) in [5, 5.41) is 0. The molecule has 0 heterocycles. The predicted octanol–water partition coefficient (Wildman–Crippen LogP) is 0.657. The van der Waals surface area contributed by atoms with E-state index in [2.05, 4.69) is 10.6 Å². The van der Waals surface area contributed by atoms with Gasteiger partial charge >= 0.3 is 12.0 Å². The summed E-state index contributed by atoms with van der Waals surface area (Å²) in [6.45, 7) is 0. The van der Waals surface area contributed by atoms with Gasteiger partial charge in [0, 0.05) is 0 Å². The molecule has 0 fully saturated rings. The molecule has 5 nitrogen and oxygen atoms in total. The van der Waals surface area contributed by atoms with Gasteiger partial charge in [-0.1, -0.05) is 12.1 Å². The fourth-order valence-electron chi connectivity index (χ4n) is 0.972. The molecule has 0 aromatic heterocycles. The minimum absolute atomic E-state index is 0.0898. The van der Waals surface area contributed by atoms with Crippen LogP contribution in [0.15, 0.2) is 24.3 Å². The lowest BCUT2D eigenvalue weighted by molar-refractivity contribution is -0.193. The van der Waals surface area contributed by atoms with Crippen molar-refractivity contribution >= 4 is 5.91 Å². The molecule has 0 unspecified atom stereocenters. The number of benzene rings is 1. The zero-order chi connectivity index (χ0) is 12.2. The molecule has 0 aliphatic heterocycles. The van der Waals surface area contributed by atoms with Crippen LogP contribution in [0.5, 0.6) is 11.5 Å². The minimum Gasteiger partial charge on any atom is -0.493 e. The van der Waals surface area contributed by atoms with Crippen LogP contribution in [0.1, 0.15) is 0 Å². The Morgan fingerprint density at radius 2 is 1.94 bits per heavy atom. The molecule has 0 aliphatic carbocycles. The first kappa shape index (κ1) is 12.2. The number of ether oxygens (including phenoxy) is 2. The molecular weight excluding hydrogens is 222 g/mol. The highest BCUT2D eigenvalue weighted by molar-refractivity contribution is 5.81. The second kappa shape index (κ2) is 4.75. The van der Waals surface area contributed by atoms with Crippen LogP contribution in [0.3, 0.4) is 0 Å². The molecule has 0 radical (unpaired) electrons. The van der Waals surface area contributed by atoms with Gasteiger partial charge in [0.15, 0.2) is 11.5 Å². The van der Waals surface area contributed by atoms with Crippen LogP contribution < -0.4 is 20.7 Å². The highest BCUT2D eigenvalue weighted by Crippen LogP contribution is 2.30. The first-order chi connectivity index (χ1) is 7.51. The van der Waals surface area contributed by atoms with E-state index in [-0.39, 0.29) is 11.5 Å². The number of carbonyl (C=O) groups is 1. The Kier molecular flexibility index (Phi) is 3.62. The average Bonchev–Trinajstić information content (AvgIpc) is 2.28. The van der Waals surface area contributed by atoms with Crippen molar-refractivity contribution in [2.24, 2.45) is 5.84 Å². The minimum atomic E-state index is -4.05. The normalized spacial score (nSPS) is 10.8. The molecule has 1 rings (SSSR count). The third-order valence-corrected chi connectivity index (χ3v) is 1.70. The van der Waals surface area contributed by atoms with Gasteiger partial charge in [0.05, 0.1) is 7.11 Å². The number of nitrogens with one attached hydrogen (secondary N) is 1. The molecule has 0 saturated heterocycles. The van der Waals surface area contributed by atoms with E-state index >= 15 is 0 Å². The number of halogens is 2. The number of alkyl halides is 2. The van der Waals surface area contributed by atoms with Crippen LogP contribution in [0.4, 0.5) is 8.78 Å². The number of rotatable bonds is 4. The van der Waals surface area contributed by atoms with Gasteiger partial charge in [-0.2, -0.15) is 8.78 Å². The van der Waals surface area contributed by atoms with Gasteiger partial charge in [-0.3, -0.25) is 10.2 Å². The third-order valence-electron chi connectivity index (χ3n) is 1.70. The topological polar surface area (TPSA) is 73.6 Å². The lowest BCUT2D eigenvalue weighted by Crippen LogP contribution is -2.47. The lowest BCUT2D eigenvalue weighted by Gasteiger charge is -2.17. The van der Waals surface area contributed by atoms with E-state index in [0.717, 1.165) is 0 Å². The van der Waals surface area contributed by atoms with E-state index in [1.807, 2.05) is 0 Å². The first-order valence-electron chi connectivity index (χ1n) is 4.22. The molecule has 7 heteroatoms. The van der Waals surface area contributed by atoms with Gasteiger partial charge in [-0.15, -0.1) is 0 Å². The number of para-hydroxylation sites is 2. The Morgan fingerprint density at radius 1 is 1.38 bits per heavy atom. The van der Waals surface area contributed by atoms with Crippen molar-refractivity contribution < 1.29 is 23.0 Å². The van der Waals surface area contributed by atoms with Crippen LogP contribution in [-0.4, -0.2) is 19.1 Å². The molecule has 1 aromatic carbocycles. The van der Waals surface area contributed by atoms with Crippen molar-refractivity contribution in [1.82, 2.24) is 5.43 Å². The third kappa shape index (κ3) is 2.57. The van der Waals surface area contributed by atoms with Crippen molar-refractivity contribution in [3.63, 3.8) is 0 Å². The summed E-state index contributed by atoms with van der Waals surface area (Å²) in [6.07, 6.45) is -4.05. The molecule has 0 aliphatic rings. The SMILES string of the molecule is COc1ccccc1OC(F)(F)C(=O)NN. The number of nitrogens with two attached hydrogens (primary N) is 1. The Labute approximate surface area is 90.1 Å². The molecule has 0 spiro atoms. The lowest BCUT2D eigenvalue weighted by atomic mass is 10.3. The van der Waals surface area contributed by atoms with Crippen molar-refractivity contribution in [3.05, 3.63) is 24.3 Å². The molecule has 16 heavy (non-hydrogen) atoms. The zero-order valence-electron chi connectivity index (χ0n) is 8.37. The van der Waals surface area contributed by atoms with E-state index < -0.39 is 12.0 Å². The first-order valence-corrected chi connectivity index (χ1v) is 4.22. The number of amides is 1. The van der Waals surface area contributed by atoms with Crippen molar-refractivity contribution in [2.45, 2.75) is 6.11 Å². The van der Waals surface area contributed by atoms with Crippen LogP contribution in [0.2, 0.25) is 0 Å². The molecular formula is C9H10F2N2O3. The Hall–Kier alpha value is -1.89. The van der Waals surface area contributed by atoms with Crippen LogP contribution in [0, 0.1) is 0 Å². The van der Waals surface area contributed by atoms with Gasteiger partial charge in [-0.25, -0.2) is 5.84 Å². The summed E-state index contributed by atoms with van der Waals surface area (Å²) in [5.41, 5.74) is 1.31. The van der Waals surface area contributed by atoms with Crippen molar-refractivity contribution in [1.29, 1.82) is 0 Å². The second-order valence-electron chi connectivity index (χ2n) is 2.74. The van der Waals surface area contributed by atoms with Gasteiger partial charge < -0.3 is 9.47 Å². The highest BCUT2D eigenvalue weighted by Gasteiger charge is 2.42. The van der Waals surface area contributed by atoms with Crippen LogP contribution in [-0.2, 0) is 4.79 Å². The number of carbonyl (C=O) groups excluding carboxylic acids is 1. The van der Waals surface area contributed by atoms with E-state index in [0.29, 0.717) is 0 Å². The molecule has 0 bridgehead atoms. The van der Waals surface area contributed by atoms with Gasteiger partial charge in [0.1, 0.15) is 0 Å². The zero-order valence-corrected chi connectivity index (χ0v) is 8.37. The van der Waals surface area contributed by atoms with E-state index in [4.69, 9.17) is 4.74 Å². The summed E-state index contributed by atoms with van der Waals surface area (Å²) in [6, 6.07) is 5.71. The molecule has 88 valence electrons. The summed E-state index contributed by atoms with van der Waals surface area (Å²) in [7, 11) is 1.29. The van der Waals surface area contributed by atoms with E-state index in [1.165, 1.54) is 30.7 Å². The Balaban J connectivity index is 2.91. The van der Waals surface area contributed by atoms with Crippen LogP contribution in [0.25, 0.3) is 0 Å². The van der Waals surface area contributed by atoms with Crippen molar-refractivity contribution in [3.8, 4) is 11.5 Å². The number of hydrogen-bond donors (Lipinski definition) is 2. The summed E-state index contributed by atoms with van der Waals surface area (Å²) >= 11 is 0. The summed E-state index contributed by atoms with van der Waals surface area (Å²) in [4.78, 5) is 10.7. The fraction of sp³-hybridized carbons (Fsp3) is 0.222. The second-order valence-corrected chi connectivity index (χ2v) is 2.74. The number of methoxy groups -OCH3 is 1. The van der Waals surface area contributed by atoms with Crippen molar-refractivity contribution in [2.75, 3.05) is 7.11 Å². The fourth-order valence-corrected chi connectivity index (χ4v) is 0.972. The molecule has 1 aromatic rings. The smallest absolute Gasteiger partial charge is 0.483 e. The van der Waals surface area contributed by atoms with Gasteiger partial charge in [-0.05, 0) is 12.1 Å². The van der Waals surface area contributed by atoms with Gasteiger partial charge in [0.25, 0.3) is 0 Å². The maximum Gasteiger partial charge on any atom is 0.483 e. The average molecular weight is 232 g/mol. The maximum atomic E-state index is 13.0. The number of hydrogen-bond acceptors (Lipinski definition) is 4. The molecule has 0 saturated carbocycles. The molecule has 1 amide bonds. The summed E-state index contributed by atoms with van der Waals surface area (Å²) in [5.74, 6) is 2.69. The summed E-state index contributed by atoms with van der Waals surface area (Å²) < 4.78 is 35.1. The predicted molar refractivity (Wildman–Crippen MR) is 50.9 cm³/mol. The largest absolute Gasteiger partial charge is 0.493 e.